The second-order valence-electron chi connectivity index (χ2n) is 4.55. The second-order valence-corrected chi connectivity index (χ2v) is 4.55. The molecule has 0 fully saturated rings. The summed E-state index contributed by atoms with van der Waals surface area (Å²) in [7, 11) is 1.84. The van der Waals surface area contributed by atoms with Crippen molar-refractivity contribution in [3.63, 3.8) is 0 Å². The summed E-state index contributed by atoms with van der Waals surface area (Å²) in [6.45, 7) is 4.18. The summed E-state index contributed by atoms with van der Waals surface area (Å²) in [6.07, 6.45) is 7.28. The normalized spacial score (nSPS) is 14.9. The lowest BCUT2D eigenvalue weighted by atomic mass is 9.91. The van der Waals surface area contributed by atoms with Gasteiger partial charge in [-0.05, 0) is 20.4 Å². The number of nitrogens with one attached hydrogen (secondary N) is 1. The Balaban J connectivity index is 3.73. The van der Waals surface area contributed by atoms with Gasteiger partial charge < -0.3 is 10.4 Å². The van der Waals surface area contributed by atoms with E-state index in [1.165, 1.54) is 25.7 Å². The van der Waals surface area contributed by atoms with Crippen molar-refractivity contribution >= 4 is 5.97 Å². The zero-order chi connectivity index (χ0) is 11.7. The Kier molecular flexibility index (Phi) is 7.39. The molecule has 0 aliphatic heterocycles. The van der Waals surface area contributed by atoms with Gasteiger partial charge in [-0.25, -0.2) is 0 Å². The fraction of sp³-hybridized carbons (Fsp3) is 0.917. The molecule has 0 radical (unpaired) electrons. The molecule has 2 N–H and O–H groups in total. The van der Waals surface area contributed by atoms with E-state index in [-0.39, 0.29) is 12.0 Å². The van der Waals surface area contributed by atoms with E-state index in [0.29, 0.717) is 0 Å². The van der Waals surface area contributed by atoms with Gasteiger partial charge in [0.25, 0.3) is 0 Å². The molecule has 0 saturated carbocycles. The lowest BCUT2D eigenvalue weighted by Gasteiger charge is -2.27. The van der Waals surface area contributed by atoms with Gasteiger partial charge in [-0.3, -0.25) is 4.79 Å². The van der Waals surface area contributed by atoms with E-state index in [1.807, 2.05) is 14.0 Å². The highest BCUT2D eigenvalue weighted by atomic mass is 16.4. The van der Waals surface area contributed by atoms with Crippen molar-refractivity contribution in [1.29, 1.82) is 0 Å². The average Bonchev–Trinajstić information content (AvgIpc) is 2.16. The summed E-state index contributed by atoms with van der Waals surface area (Å²) in [5.74, 6) is -0.722. The van der Waals surface area contributed by atoms with Crippen LogP contribution in [0.1, 0.15) is 58.8 Å². The summed E-state index contributed by atoms with van der Waals surface area (Å²) in [5, 5.41) is 11.9. The lowest BCUT2D eigenvalue weighted by molar-refractivity contribution is -0.138. The molecule has 15 heavy (non-hydrogen) atoms. The standard InChI is InChI=1S/C12H25NO2/c1-4-5-6-7-8-9-12(2,13-3)10-11(14)15/h13H,4-10H2,1-3H3,(H,14,15). The minimum atomic E-state index is -0.722. The number of carboxylic acid groups (broad SMARTS) is 1. The molecular weight excluding hydrogens is 190 g/mol. The summed E-state index contributed by atoms with van der Waals surface area (Å²) in [4.78, 5) is 10.7. The fourth-order valence-corrected chi connectivity index (χ4v) is 1.75. The summed E-state index contributed by atoms with van der Waals surface area (Å²) in [6, 6.07) is 0. The molecule has 0 aromatic rings. The molecule has 0 aromatic carbocycles. The molecular formula is C12H25NO2. The topological polar surface area (TPSA) is 49.3 Å². The molecule has 3 nitrogen and oxygen atoms in total. The molecule has 1 unspecified atom stereocenters. The zero-order valence-electron chi connectivity index (χ0n) is 10.3. The van der Waals surface area contributed by atoms with Crippen molar-refractivity contribution in [2.75, 3.05) is 7.05 Å². The monoisotopic (exact) mass is 215 g/mol. The number of aliphatic carboxylic acids is 1. The van der Waals surface area contributed by atoms with Crippen molar-refractivity contribution in [1.82, 2.24) is 5.32 Å². The molecule has 3 heteroatoms. The average molecular weight is 215 g/mol. The first-order valence-electron chi connectivity index (χ1n) is 5.95. The number of hydrogen-bond acceptors (Lipinski definition) is 2. The van der Waals surface area contributed by atoms with E-state index in [0.717, 1.165) is 12.8 Å². The molecule has 0 amide bonds. The maximum absolute atomic E-state index is 10.7. The maximum Gasteiger partial charge on any atom is 0.305 e. The highest BCUT2D eigenvalue weighted by Crippen LogP contribution is 2.18. The van der Waals surface area contributed by atoms with Gasteiger partial charge in [0, 0.05) is 5.54 Å². The van der Waals surface area contributed by atoms with Crippen molar-refractivity contribution in [3.8, 4) is 0 Å². The fourth-order valence-electron chi connectivity index (χ4n) is 1.75. The molecule has 0 heterocycles. The Bertz CT molecular complexity index is 182. The van der Waals surface area contributed by atoms with Gasteiger partial charge in [-0.1, -0.05) is 39.0 Å². The van der Waals surface area contributed by atoms with Gasteiger partial charge >= 0.3 is 5.97 Å². The Morgan fingerprint density at radius 2 is 1.87 bits per heavy atom. The van der Waals surface area contributed by atoms with Crippen LogP contribution in [0.15, 0.2) is 0 Å². The van der Waals surface area contributed by atoms with Crippen LogP contribution in [0.4, 0.5) is 0 Å². The van der Waals surface area contributed by atoms with E-state index in [1.54, 1.807) is 0 Å². The summed E-state index contributed by atoms with van der Waals surface area (Å²) < 4.78 is 0. The van der Waals surface area contributed by atoms with Crippen LogP contribution in [0, 0.1) is 0 Å². The maximum atomic E-state index is 10.7. The first kappa shape index (κ1) is 14.4. The smallest absolute Gasteiger partial charge is 0.305 e. The van der Waals surface area contributed by atoms with Crippen LogP contribution in [0.2, 0.25) is 0 Å². The third-order valence-electron chi connectivity index (χ3n) is 2.98. The predicted octanol–water partition coefficient (Wildman–Crippen LogP) is 2.80. The largest absolute Gasteiger partial charge is 0.481 e. The van der Waals surface area contributed by atoms with Gasteiger partial charge in [0.1, 0.15) is 0 Å². The first-order chi connectivity index (χ1) is 7.04. The van der Waals surface area contributed by atoms with E-state index in [9.17, 15) is 4.79 Å². The van der Waals surface area contributed by atoms with Gasteiger partial charge in [0.05, 0.1) is 6.42 Å². The van der Waals surface area contributed by atoms with Gasteiger partial charge in [0.15, 0.2) is 0 Å². The molecule has 0 saturated heterocycles. The van der Waals surface area contributed by atoms with Crippen LogP contribution >= 0.6 is 0 Å². The summed E-state index contributed by atoms with van der Waals surface area (Å²) >= 11 is 0. The van der Waals surface area contributed by atoms with E-state index < -0.39 is 5.97 Å². The van der Waals surface area contributed by atoms with Gasteiger partial charge in [0.2, 0.25) is 0 Å². The van der Waals surface area contributed by atoms with Crippen LogP contribution in [0.3, 0.4) is 0 Å². The van der Waals surface area contributed by atoms with Gasteiger partial charge in [-0.2, -0.15) is 0 Å². The number of unbranched alkanes of at least 4 members (excludes halogenated alkanes) is 4. The Morgan fingerprint density at radius 3 is 2.33 bits per heavy atom. The van der Waals surface area contributed by atoms with Crippen LogP contribution in [0.5, 0.6) is 0 Å². The third kappa shape index (κ3) is 7.37. The molecule has 0 spiro atoms. The predicted molar refractivity (Wildman–Crippen MR) is 63.1 cm³/mol. The van der Waals surface area contributed by atoms with Crippen LogP contribution in [0.25, 0.3) is 0 Å². The highest BCUT2D eigenvalue weighted by Gasteiger charge is 2.24. The molecule has 1 atom stereocenters. The molecule has 0 aliphatic carbocycles. The first-order valence-corrected chi connectivity index (χ1v) is 5.95. The minimum absolute atomic E-state index is 0.206. The SMILES string of the molecule is CCCCCCCC(C)(CC(=O)O)NC. The van der Waals surface area contributed by atoms with E-state index in [2.05, 4.69) is 12.2 Å². The molecule has 0 bridgehead atoms. The Hall–Kier alpha value is -0.570. The zero-order valence-corrected chi connectivity index (χ0v) is 10.3. The number of rotatable bonds is 9. The van der Waals surface area contributed by atoms with Crippen molar-refractivity contribution in [2.45, 2.75) is 64.3 Å². The molecule has 0 rings (SSSR count). The number of carboxylic acids is 1. The van der Waals surface area contributed by atoms with Crippen molar-refractivity contribution < 1.29 is 9.90 Å². The molecule has 0 aromatic heterocycles. The van der Waals surface area contributed by atoms with Crippen molar-refractivity contribution in [3.05, 3.63) is 0 Å². The summed E-state index contributed by atoms with van der Waals surface area (Å²) in [5.41, 5.74) is -0.238. The molecule has 90 valence electrons. The Morgan fingerprint density at radius 1 is 1.27 bits per heavy atom. The van der Waals surface area contributed by atoms with E-state index in [4.69, 9.17) is 5.11 Å². The second kappa shape index (κ2) is 7.69. The molecule has 0 aliphatic rings. The Labute approximate surface area is 93.3 Å². The van der Waals surface area contributed by atoms with Crippen LogP contribution < -0.4 is 5.32 Å². The highest BCUT2D eigenvalue weighted by molar-refractivity contribution is 5.68. The lowest BCUT2D eigenvalue weighted by Crippen LogP contribution is -2.41. The van der Waals surface area contributed by atoms with Crippen LogP contribution in [-0.4, -0.2) is 23.7 Å². The quantitative estimate of drug-likeness (QED) is 0.581. The number of hydrogen-bond donors (Lipinski definition) is 2. The van der Waals surface area contributed by atoms with Crippen molar-refractivity contribution in [2.24, 2.45) is 0 Å². The van der Waals surface area contributed by atoms with Gasteiger partial charge in [-0.15, -0.1) is 0 Å². The number of carbonyl (C=O) groups is 1. The third-order valence-corrected chi connectivity index (χ3v) is 2.98. The van der Waals surface area contributed by atoms with E-state index >= 15 is 0 Å². The van der Waals surface area contributed by atoms with Crippen LogP contribution in [-0.2, 0) is 4.79 Å². The minimum Gasteiger partial charge on any atom is -0.481 e.